The molecule has 0 aliphatic carbocycles. The molecule has 1 aromatic heterocycles. The third-order valence-corrected chi connectivity index (χ3v) is 5.35. The predicted molar refractivity (Wildman–Crippen MR) is 110 cm³/mol. The van der Waals surface area contributed by atoms with E-state index in [1.54, 1.807) is 12.3 Å². The highest BCUT2D eigenvalue weighted by Crippen LogP contribution is 2.29. The van der Waals surface area contributed by atoms with Gasteiger partial charge in [-0.2, -0.15) is 0 Å². The number of nitrogens with zero attached hydrogens (tertiary/aromatic N) is 2. The first-order valence-corrected chi connectivity index (χ1v) is 9.85. The Labute approximate surface area is 164 Å². The second-order valence-electron chi connectivity index (χ2n) is 7.23. The molecule has 1 fully saturated rings. The summed E-state index contributed by atoms with van der Waals surface area (Å²) in [6, 6.07) is 12.9. The van der Waals surface area contributed by atoms with E-state index in [-0.39, 0.29) is 11.7 Å². The van der Waals surface area contributed by atoms with Gasteiger partial charge in [-0.05, 0) is 48.6 Å². The van der Waals surface area contributed by atoms with Crippen molar-refractivity contribution >= 4 is 22.5 Å². The van der Waals surface area contributed by atoms with Gasteiger partial charge in [0.1, 0.15) is 5.82 Å². The summed E-state index contributed by atoms with van der Waals surface area (Å²) in [5, 5.41) is 4.02. The second kappa shape index (κ2) is 7.97. The van der Waals surface area contributed by atoms with Crippen molar-refractivity contribution in [3.8, 4) is 0 Å². The van der Waals surface area contributed by atoms with Crippen LogP contribution in [0.25, 0.3) is 10.9 Å². The number of rotatable bonds is 5. The third-order valence-electron chi connectivity index (χ3n) is 5.35. The number of pyridine rings is 1. The number of amides is 1. The Balaban J connectivity index is 1.70. The summed E-state index contributed by atoms with van der Waals surface area (Å²) in [6.45, 7) is 4.21. The van der Waals surface area contributed by atoms with E-state index in [1.165, 1.54) is 17.7 Å². The Hall–Kier alpha value is -2.95. The molecule has 0 radical (unpaired) electrons. The maximum atomic E-state index is 13.9. The van der Waals surface area contributed by atoms with Crippen LogP contribution in [0.15, 0.2) is 48.7 Å². The van der Waals surface area contributed by atoms with Gasteiger partial charge in [-0.15, -0.1) is 0 Å². The summed E-state index contributed by atoms with van der Waals surface area (Å²) in [5.41, 5.74) is 4.22. The maximum absolute atomic E-state index is 13.9. The molecule has 1 saturated heterocycles. The van der Waals surface area contributed by atoms with Gasteiger partial charge in [-0.25, -0.2) is 4.39 Å². The molecule has 5 heteroatoms. The Kier molecular flexibility index (Phi) is 5.24. The zero-order valence-electron chi connectivity index (χ0n) is 16.0. The number of carbonyl (C=O) groups excluding carboxylic acids is 1. The molecule has 1 N–H and O–H groups in total. The highest BCUT2D eigenvalue weighted by molar-refractivity contribution is 6.07. The highest BCUT2D eigenvalue weighted by atomic mass is 19.1. The van der Waals surface area contributed by atoms with E-state index in [9.17, 15) is 9.18 Å². The first-order valence-electron chi connectivity index (χ1n) is 9.85. The van der Waals surface area contributed by atoms with Crippen LogP contribution in [0.5, 0.6) is 0 Å². The fourth-order valence-corrected chi connectivity index (χ4v) is 3.69. The molecular weight excluding hydrogens is 353 g/mol. The lowest BCUT2D eigenvalue weighted by molar-refractivity contribution is 0.0793. The normalized spacial score (nSPS) is 13.9. The molecule has 1 aliphatic rings. The number of likely N-dealkylation sites (tertiary alicyclic amines) is 1. The summed E-state index contributed by atoms with van der Waals surface area (Å²) in [5.74, 6) is -0.379. The average molecular weight is 377 g/mol. The SMILES string of the molecule is CCc1ccc(CNc2c(C(=O)N3CCCC3)cnc3ccc(F)cc23)cc1. The molecule has 0 bridgehead atoms. The van der Waals surface area contributed by atoms with E-state index >= 15 is 0 Å². The molecule has 0 atom stereocenters. The first kappa shape index (κ1) is 18.4. The van der Waals surface area contributed by atoms with E-state index in [1.807, 2.05) is 4.90 Å². The van der Waals surface area contributed by atoms with Crippen molar-refractivity contribution in [3.05, 3.63) is 71.2 Å². The van der Waals surface area contributed by atoms with Crippen LogP contribution in [0.3, 0.4) is 0 Å². The summed E-state index contributed by atoms with van der Waals surface area (Å²) >= 11 is 0. The zero-order valence-corrected chi connectivity index (χ0v) is 16.0. The van der Waals surface area contributed by atoms with Gasteiger partial charge < -0.3 is 10.2 Å². The first-order chi connectivity index (χ1) is 13.7. The lowest BCUT2D eigenvalue weighted by atomic mass is 10.1. The number of carbonyl (C=O) groups is 1. The Morgan fingerprint density at radius 3 is 2.54 bits per heavy atom. The molecule has 0 unspecified atom stereocenters. The lowest BCUT2D eigenvalue weighted by Crippen LogP contribution is -2.28. The Morgan fingerprint density at radius 1 is 1.11 bits per heavy atom. The quantitative estimate of drug-likeness (QED) is 0.696. The number of aryl methyl sites for hydroxylation is 1. The van der Waals surface area contributed by atoms with Crippen molar-refractivity contribution in [1.29, 1.82) is 0 Å². The van der Waals surface area contributed by atoms with Gasteiger partial charge in [0.15, 0.2) is 0 Å². The zero-order chi connectivity index (χ0) is 19.5. The minimum Gasteiger partial charge on any atom is -0.380 e. The van der Waals surface area contributed by atoms with Gasteiger partial charge >= 0.3 is 0 Å². The minimum absolute atomic E-state index is 0.0417. The maximum Gasteiger partial charge on any atom is 0.257 e. The summed E-state index contributed by atoms with van der Waals surface area (Å²) in [7, 11) is 0. The number of fused-ring (bicyclic) bond motifs is 1. The number of halogens is 1. The van der Waals surface area contributed by atoms with Crippen LogP contribution in [-0.4, -0.2) is 28.9 Å². The fourth-order valence-electron chi connectivity index (χ4n) is 3.69. The van der Waals surface area contributed by atoms with E-state index in [2.05, 4.69) is 41.5 Å². The van der Waals surface area contributed by atoms with E-state index < -0.39 is 0 Å². The van der Waals surface area contributed by atoms with Gasteiger partial charge in [0.05, 0.1) is 16.8 Å². The second-order valence-corrected chi connectivity index (χ2v) is 7.23. The van der Waals surface area contributed by atoms with Gasteiger partial charge in [0.2, 0.25) is 0 Å². The molecule has 0 spiro atoms. The molecule has 4 nitrogen and oxygen atoms in total. The standard InChI is InChI=1S/C23H24FN3O/c1-2-16-5-7-17(8-6-16)14-26-22-19-13-18(24)9-10-21(19)25-15-20(22)23(28)27-11-3-4-12-27/h5-10,13,15H,2-4,11-12,14H2,1H3,(H,25,26). The van der Waals surface area contributed by atoms with Crippen LogP contribution in [0.4, 0.5) is 10.1 Å². The Morgan fingerprint density at radius 2 is 1.82 bits per heavy atom. The van der Waals surface area contributed by atoms with Gasteiger partial charge in [0.25, 0.3) is 5.91 Å². The molecule has 0 saturated carbocycles. The van der Waals surface area contributed by atoms with Crippen LogP contribution in [0.1, 0.15) is 41.3 Å². The van der Waals surface area contributed by atoms with Crippen LogP contribution in [0, 0.1) is 5.82 Å². The molecule has 2 heterocycles. The van der Waals surface area contributed by atoms with Crippen LogP contribution >= 0.6 is 0 Å². The van der Waals surface area contributed by atoms with E-state index in [4.69, 9.17) is 0 Å². The van der Waals surface area contributed by atoms with Gasteiger partial charge in [0, 0.05) is 31.2 Å². The number of anilines is 1. The monoisotopic (exact) mass is 377 g/mol. The molecular formula is C23H24FN3O. The number of hydrogen-bond acceptors (Lipinski definition) is 3. The molecule has 1 aliphatic heterocycles. The predicted octanol–water partition coefficient (Wildman–Crippen LogP) is 4.78. The van der Waals surface area contributed by atoms with Gasteiger partial charge in [-0.3, -0.25) is 9.78 Å². The molecule has 4 rings (SSSR count). The third kappa shape index (κ3) is 3.70. The number of nitrogens with one attached hydrogen (secondary N) is 1. The number of benzene rings is 2. The number of hydrogen-bond donors (Lipinski definition) is 1. The number of aromatic nitrogens is 1. The molecule has 1 amide bonds. The lowest BCUT2D eigenvalue weighted by Gasteiger charge is -2.19. The smallest absolute Gasteiger partial charge is 0.257 e. The topological polar surface area (TPSA) is 45.2 Å². The van der Waals surface area contributed by atoms with Crippen LogP contribution in [0.2, 0.25) is 0 Å². The summed E-state index contributed by atoms with van der Waals surface area (Å²) < 4.78 is 13.9. The van der Waals surface area contributed by atoms with Crippen molar-refractivity contribution in [1.82, 2.24) is 9.88 Å². The average Bonchev–Trinajstić information content (AvgIpc) is 3.26. The molecule has 2 aromatic carbocycles. The van der Waals surface area contributed by atoms with Crippen LogP contribution < -0.4 is 5.32 Å². The summed E-state index contributed by atoms with van der Waals surface area (Å²) in [4.78, 5) is 19.3. The van der Waals surface area contributed by atoms with E-state index in [0.717, 1.165) is 37.9 Å². The van der Waals surface area contributed by atoms with Gasteiger partial charge in [-0.1, -0.05) is 31.2 Å². The van der Waals surface area contributed by atoms with Crippen molar-refractivity contribution in [2.24, 2.45) is 0 Å². The molecule has 3 aromatic rings. The van der Waals surface area contributed by atoms with Crippen molar-refractivity contribution in [2.45, 2.75) is 32.7 Å². The molecule has 28 heavy (non-hydrogen) atoms. The largest absolute Gasteiger partial charge is 0.380 e. The Bertz CT molecular complexity index is 995. The van der Waals surface area contributed by atoms with Crippen molar-refractivity contribution in [3.63, 3.8) is 0 Å². The minimum atomic E-state index is -0.338. The highest BCUT2D eigenvalue weighted by Gasteiger charge is 2.23. The van der Waals surface area contributed by atoms with E-state index in [0.29, 0.717) is 28.7 Å². The fraction of sp³-hybridized carbons (Fsp3) is 0.304. The van der Waals surface area contributed by atoms with Crippen LogP contribution in [-0.2, 0) is 13.0 Å². The van der Waals surface area contributed by atoms with Crippen molar-refractivity contribution in [2.75, 3.05) is 18.4 Å². The van der Waals surface area contributed by atoms with Crippen molar-refractivity contribution < 1.29 is 9.18 Å². The summed E-state index contributed by atoms with van der Waals surface area (Å²) in [6.07, 6.45) is 4.65. The molecule has 144 valence electrons.